The summed E-state index contributed by atoms with van der Waals surface area (Å²) in [5.41, 5.74) is 3.80. The van der Waals surface area contributed by atoms with E-state index in [1.54, 1.807) is 0 Å². The van der Waals surface area contributed by atoms with Gasteiger partial charge in [-0.25, -0.2) is 9.18 Å². The number of hydrogen-bond donors (Lipinski definition) is 2. The van der Waals surface area contributed by atoms with Gasteiger partial charge in [-0.15, -0.1) is 0 Å². The number of nitrogens with zero attached hydrogens (tertiary/aromatic N) is 2. The van der Waals surface area contributed by atoms with Crippen LogP contribution in [-0.2, 0) is 10.3 Å². The van der Waals surface area contributed by atoms with E-state index in [4.69, 9.17) is 10.5 Å². The average Bonchev–Trinajstić information content (AvgIpc) is 2.53. The maximum atomic E-state index is 14.5. The molecule has 26 heavy (non-hydrogen) atoms. The summed E-state index contributed by atoms with van der Waals surface area (Å²) in [7, 11) is 0. The van der Waals surface area contributed by atoms with Crippen LogP contribution in [0.2, 0.25) is 0 Å². The van der Waals surface area contributed by atoms with Crippen LogP contribution < -0.4 is 5.73 Å². The zero-order chi connectivity index (χ0) is 19.6. The summed E-state index contributed by atoms with van der Waals surface area (Å²) >= 11 is 0. The van der Waals surface area contributed by atoms with E-state index in [2.05, 4.69) is 4.98 Å². The molecule has 0 aliphatic rings. The SMILES string of the molecule is CCOC(=O)c1cc(F)c(-c2cnc(C(C)(C)O)c(N)c2)cc1[N+](=O)[O-]. The van der Waals surface area contributed by atoms with Crippen molar-refractivity contribution in [3.05, 3.63) is 51.6 Å². The molecule has 9 heteroatoms. The molecule has 0 unspecified atom stereocenters. The lowest BCUT2D eigenvalue weighted by atomic mass is 9.98. The number of benzene rings is 1. The van der Waals surface area contributed by atoms with Gasteiger partial charge in [-0.05, 0) is 32.9 Å². The summed E-state index contributed by atoms with van der Waals surface area (Å²) < 4.78 is 19.2. The molecule has 0 amide bonds. The molecule has 8 nitrogen and oxygen atoms in total. The van der Waals surface area contributed by atoms with E-state index in [-0.39, 0.29) is 29.1 Å². The minimum absolute atomic E-state index is 0.00177. The fourth-order valence-corrected chi connectivity index (χ4v) is 2.45. The van der Waals surface area contributed by atoms with Gasteiger partial charge < -0.3 is 15.6 Å². The first-order valence-electron chi connectivity index (χ1n) is 7.70. The number of ether oxygens (including phenoxy) is 1. The van der Waals surface area contributed by atoms with Gasteiger partial charge >= 0.3 is 5.97 Å². The number of nitrogens with two attached hydrogens (primary N) is 1. The lowest BCUT2D eigenvalue weighted by molar-refractivity contribution is -0.385. The number of aliphatic hydroxyl groups is 1. The van der Waals surface area contributed by atoms with Crippen LogP contribution >= 0.6 is 0 Å². The number of hydrogen-bond acceptors (Lipinski definition) is 7. The van der Waals surface area contributed by atoms with Gasteiger partial charge in [-0.1, -0.05) is 0 Å². The highest BCUT2D eigenvalue weighted by molar-refractivity contribution is 5.95. The number of nitro groups is 1. The summed E-state index contributed by atoms with van der Waals surface area (Å²) in [6.07, 6.45) is 1.25. The van der Waals surface area contributed by atoms with Crippen LogP contribution in [-0.4, -0.2) is 27.6 Å². The largest absolute Gasteiger partial charge is 0.462 e. The number of rotatable bonds is 5. The highest BCUT2D eigenvalue weighted by Gasteiger charge is 2.26. The molecule has 3 N–H and O–H groups in total. The van der Waals surface area contributed by atoms with Crippen molar-refractivity contribution in [1.29, 1.82) is 0 Å². The van der Waals surface area contributed by atoms with Crippen LogP contribution in [0.3, 0.4) is 0 Å². The maximum absolute atomic E-state index is 14.5. The van der Waals surface area contributed by atoms with Gasteiger partial charge in [0.2, 0.25) is 0 Å². The Morgan fingerprint density at radius 2 is 2.08 bits per heavy atom. The third-order valence-electron chi connectivity index (χ3n) is 3.59. The van der Waals surface area contributed by atoms with Crippen LogP contribution in [0.1, 0.15) is 36.8 Å². The molecule has 2 rings (SSSR count). The second-order valence-electron chi connectivity index (χ2n) is 6.05. The Morgan fingerprint density at radius 1 is 1.42 bits per heavy atom. The zero-order valence-corrected chi connectivity index (χ0v) is 14.4. The molecule has 0 saturated carbocycles. The summed E-state index contributed by atoms with van der Waals surface area (Å²) in [5, 5.41) is 21.3. The smallest absolute Gasteiger partial charge is 0.345 e. The number of nitro benzene ring substituents is 1. The number of aromatic nitrogens is 1. The molecule has 1 aromatic carbocycles. The average molecular weight is 363 g/mol. The van der Waals surface area contributed by atoms with Gasteiger partial charge in [-0.3, -0.25) is 15.1 Å². The van der Waals surface area contributed by atoms with Crippen molar-refractivity contribution in [2.45, 2.75) is 26.4 Å². The second kappa shape index (κ2) is 7.04. The topological polar surface area (TPSA) is 129 Å². The summed E-state index contributed by atoms with van der Waals surface area (Å²) in [6.45, 7) is 4.52. The van der Waals surface area contributed by atoms with E-state index in [1.807, 2.05) is 0 Å². The highest BCUT2D eigenvalue weighted by atomic mass is 19.1. The molecule has 2 aromatic rings. The molecule has 0 fully saturated rings. The Bertz CT molecular complexity index is 877. The number of carbonyl (C=O) groups excluding carboxylic acids is 1. The number of pyridine rings is 1. The minimum Gasteiger partial charge on any atom is -0.462 e. The molecule has 0 saturated heterocycles. The molecule has 0 spiro atoms. The molecular formula is C17H18FN3O5. The molecular weight excluding hydrogens is 345 g/mol. The Hall–Kier alpha value is -3.07. The van der Waals surface area contributed by atoms with Crippen molar-refractivity contribution in [2.75, 3.05) is 12.3 Å². The predicted molar refractivity (Wildman–Crippen MR) is 91.9 cm³/mol. The van der Waals surface area contributed by atoms with Gasteiger partial charge in [-0.2, -0.15) is 0 Å². The Balaban J connectivity index is 2.61. The van der Waals surface area contributed by atoms with Crippen LogP contribution in [0.5, 0.6) is 0 Å². The lowest BCUT2D eigenvalue weighted by Gasteiger charge is -2.19. The van der Waals surface area contributed by atoms with Crippen molar-refractivity contribution in [3.8, 4) is 11.1 Å². The monoisotopic (exact) mass is 363 g/mol. The minimum atomic E-state index is -1.30. The van der Waals surface area contributed by atoms with Gasteiger partial charge in [0.15, 0.2) is 0 Å². The summed E-state index contributed by atoms with van der Waals surface area (Å²) in [4.78, 5) is 26.3. The van der Waals surface area contributed by atoms with Crippen LogP contribution in [0.4, 0.5) is 15.8 Å². The fraction of sp³-hybridized carbons (Fsp3) is 0.294. The number of nitrogen functional groups attached to an aromatic ring is 1. The first-order chi connectivity index (χ1) is 12.1. The molecule has 0 bridgehead atoms. The quantitative estimate of drug-likeness (QED) is 0.475. The predicted octanol–water partition coefficient (Wildman–Crippen LogP) is 2.78. The highest BCUT2D eigenvalue weighted by Crippen LogP contribution is 2.33. The van der Waals surface area contributed by atoms with Crippen molar-refractivity contribution in [2.24, 2.45) is 0 Å². The lowest BCUT2D eigenvalue weighted by Crippen LogP contribution is -2.19. The van der Waals surface area contributed by atoms with E-state index in [1.165, 1.54) is 33.0 Å². The van der Waals surface area contributed by atoms with Gasteiger partial charge in [0.05, 0.1) is 22.9 Å². The van der Waals surface area contributed by atoms with E-state index >= 15 is 0 Å². The van der Waals surface area contributed by atoms with Gasteiger partial charge in [0.25, 0.3) is 5.69 Å². The second-order valence-corrected chi connectivity index (χ2v) is 6.05. The number of carbonyl (C=O) groups is 1. The van der Waals surface area contributed by atoms with Crippen LogP contribution in [0, 0.1) is 15.9 Å². The number of esters is 1. The summed E-state index contributed by atoms with van der Waals surface area (Å²) in [5.74, 6) is -1.85. The molecule has 0 aliphatic heterocycles. The standard InChI is InChI=1S/C17H18FN3O5/c1-4-26-16(22)11-6-12(18)10(7-14(11)21(24)25)9-5-13(19)15(20-8-9)17(2,3)23/h5-8,23H,4,19H2,1-3H3. The number of halogens is 1. The van der Waals surface area contributed by atoms with E-state index in [0.717, 1.165) is 12.1 Å². The van der Waals surface area contributed by atoms with E-state index in [9.17, 15) is 24.4 Å². The van der Waals surface area contributed by atoms with Gasteiger partial charge in [0.1, 0.15) is 17.0 Å². The van der Waals surface area contributed by atoms with Crippen LogP contribution in [0.25, 0.3) is 11.1 Å². The zero-order valence-electron chi connectivity index (χ0n) is 14.4. The van der Waals surface area contributed by atoms with Gasteiger partial charge in [0, 0.05) is 23.4 Å². The van der Waals surface area contributed by atoms with Crippen molar-refractivity contribution in [1.82, 2.24) is 4.98 Å². The first kappa shape index (κ1) is 19.3. The molecule has 0 atom stereocenters. The normalized spacial score (nSPS) is 11.3. The van der Waals surface area contributed by atoms with Crippen LogP contribution in [0.15, 0.2) is 24.4 Å². The van der Waals surface area contributed by atoms with Crippen molar-refractivity contribution < 1.29 is 24.0 Å². The third kappa shape index (κ3) is 3.77. The Kier molecular flexibility index (Phi) is 5.22. The molecule has 0 radical (unpaired) electrons. The van der Waals surface area contributed by atoms with Crippen molar-refractivity contribution in [3.63, 3.8) is 0 Å². The molecule has 138 valence electrons. The summed E-state index contributed by atoms with van der Waals surface area (Å²) in [6, 6.07) is 3.04. The Labute approximate surface area is 148 Å². The molecule has 0 aliphatic carbocycles. The van der Waals surface area contributed by atoms with E-state index < -0.39 is 33.6 Å². The fourth-order valence-electron chi connectivity index (χ4n) is 2.45. The van der Waals surface area contributed by atoms with Crippen molar-refractivity contribution >= 4 is 17.3 Å². The first-order valence-corrected chi connectivity index (χ1v) is 7.70. The maximum Gasteiger partial charge on any atom is 0.345 e. The number of anilines is 1. The molecule has 1 heterocycles. The molecule has 1 aromatic heterocycles. The third-order valence-corrected chi connectivity index (χ3v) is 3.59. The Morgan fingerprint density at radius 3 is 2.58 bits per heavy atom. The van der Waals surface area contributed by atoms with E-state index in [0.29, 0.717) is 0 Å².